The predicted molar refractivity (Wildman–Crippen MR) is 67.6 cm³/mol. The van der Waals surface area contributed by atoms with Crippen molar-refractivity contribution in [2.45, 2.75) is 25.4 Å². The van der Waals surface area contributed by atoms with Gasteiger partial charge in [-0.3, -0.25) is 0 Å². The molecule has 96 valence electrons. The van der Waals surface area contributed by atoms with Gasteiger partial charge in [0.1, 0.15) is 11.5 Å². The number of benzene rings is 1. The zero-order chi connectivity index (χ0) is 12.8. The lowest BCUT2D eigenvalue weighted by Gasteiger charge is -2.20. The molecular formula is C13H21NO3. The fourth-order valence-corrected chi connectivity index (χ4v) is 1.92. The number of rotatable bonds is 6. The summed E-state index contributed by atoms with van der Waals surface area (Å²) in [6, 6.07) is 5.65. The second-order valence-electron chi connectivity index (χ2n) is 4.13. The van der Waals surface area contributed by atoms with E-state index in [1.165, 1.54) is 0 Å². The normalized spacial score (nSPS) is 14.2. The molecule has 2 atom stereocenters. The molecule has 1 aromatic rings. The Labute approximate surface area is 102 Å². The van der Waals surface area contributed by atoms with Crippen molar-refractivity contribution in [3.05, 3.63) is 23.8 Å². The van der Waals surface area contributed by atoms with Crippen LogP contribution < -0.4 is 15.2 Å². The lowest BCUT2D eigenvalue weighted by atomic mass is 9.92. The van der Waals surface area contributed by atoms with E-state index >= 15 is 0 Å². The maximum Gasteiger partial charge on any atom is 0.126 e. The molecule has 0 bridgehead atoms. The van der Waals surface area contributed by atoms with Crippen LogP contribution in [0.5, 0.6) is 11.5 Å². The van der Waals surface area contributed by atoms with Gasteiger partial charge in [-0.2, -0.15) is 0 Å². The molecule has 17 heavy (non-hydrogen) atoms. The second-order valence-corrected chi connectivity index (χ2v) is 4.13. The lowest BCUT2D eigenvalue weighted by molar-refractivity contribution is 0.174. The summed E-state index contributed by atoms with van der Waals surface area (Å²) in [4.78, 5) is 0. The minimum absolute atomic E-state index is 0.0934. The van der Waals surface area contributed by atoms with Crippen LogP contribution in [0.4, 0.5) is 0 Å². The molecule has 0 aliphatic rings. The summed E-state index contributed by atoms with van der Waals surface area (Å²) < 4.78 is 10.5. The molecular weight excluding hydrogens is 218 g/mol. The number of nitrogens with two attached hydrogens (primary N) is 1. The summed E-state index contributed by atoms with van der Waals surface area (Å²) in [5.41, 5.74) is 6.76. The van der Waals surface area contributed by atoms with E-state index in [0.717, 1.165) is 17.1 Å². The SMILES string of the molecule is COc1ccc(C(CN)CC(C)O)c(OC)c1. The summed E-state index contributed by atoms with van der Waals surface area (Å²) in [6.07, 6.45) is 0.245. The molecule has 0 saturated heterocycles. The van der Waals surface area contributed by atoms with Crippen molar-refractivity contribution >= 4 is 0 Å². The van der Waals surface area contributed by atoms with Crippen LogP contribution in [0.2, 0.25) is 0 Å². The van der Waals surface area contributed by atoms with Crippen LogP contribution in [0.1, 0.15) is 24.8 Å². The monoisotopic (exact) mass is 239 g/mol. The van der Waals surface area contributed by atoms with Crippen LogP contribution in [0.25, 0.3) is 0 Å². The molecule has 0 fully saturated rings. The number of aliphatic hydroxyl groups excluding tert-OH is 1. The summed E-state index contributed by atoms with van der Waals surface area (Å²) in [6.45, 7) is 2.24. The first-order chi connectivity index (χ1) is 8.12. The Morgan fingerprint density at radius 2 is 2.00 bits per heavy atom. The zero-order valence-corrected chi connectivity index (χ0v) is 10.6. The third-order valence-corrected chi connectivity index (χ3v) is 2.79. The molecule has 0 spiro atoms. The zero-order valence-electron chi connectivity index (χ0n) is 10.6. The molecule has 0 aromatic heterocycles. The fraction of sp³-hybridized carbons (Fsp3) is 0.538. The summed E-state index contributed by atoms with van der Waals surface area (Å²) in [5.74, 6) is 1.59. The molecule has 0 radical (unpaired) electrons. The molecule has 3 N–H and O–H groups in total. The molecule has 0 amide bonds. The Balaban J connectivity index is 3.01. The first kappa shape index (κ1) is 13.8. The largest absolute Gasteiger partial charge is 0.497 e. The van der Waals surface area contributed by atoms with Gasteiger partial charge in [0.15, 0.2) is 0 Å². The number of hydrogen-bond donors (Lipinski definition) is 2. The summed E-state index contributed by atoms with van der Waals surface area (Å²) in [5, 5.41) is 9.46. The van der Waals surface area contributed by atoms with Crippen molar-refractivity contribution in [3.8, 4) is 11.5 Å². The van der Waals surface area contributed by atoms with Crippen molar-refractivity contribution < 1.29 is 14.6 Å². The average Bonchev–Trinajstić information content (AvgIpc) is 2.35. The van der Waals surface area contributed by atoms with Crippen LogP contribution in [0.15, 0.2) is 18.2 Å². The van der Waals surface area contributed by atoms with Gasteiger partial charge < -0.3 is 20.3 Å². The van der Waals surface area contributed by atoms with Crippen molar-refractivity contribution in [3.63, 3.8) is 0 Å². The van der Waals surface area contributed by atoms with Gasteiger partial charge in [0, 0.05) is 12.0 Å². The molecule has 1 rings (SSSR count). The van der Waals surface area contributed by atoms with E-state index < -0.39 is 0 Å². The molecule has 4 heteroatoms. The molecule has 1 aromatic carbocycles. The summed E-state index contributed by atoms with van der Waals surface area (Å²) in [7, 11) is 3.24. The number of aliphatic hydroxyl groups is 1. The predicted octanol–water partition coefficient (Wildman–Crippen LogP) is 1.52. The van der Waals surface area contributed by atoms with Crippen LogP contribution in [-0.4, -0.2) is 32.0 Å². The van der Waals surface area contributed by atoms with Crippen LogP contribution in [0, 0.1) is 0 Å². The highest BCUT2D eigenvalue weighted by molar-refractivity contribution is 5.43. The van der Waals surface area contributed by atoms with Crippen molar-refractivity contribution in [1.82, 2.24) is 0 Å². The van der Waals surface area contributed by atoms with E-state index in [0.29, 0.717) is 13.0 Å². The molecule has 0 heterocycles. The Hall–Kier alpha value is -1.26. The van der Waals surface area contributed by atoms with E-state index in [1.807, 2.05) is 18.2 Å². The fourth-order valence-electron chi connectivity index (χ4n) is 1.92. The van der Waals surface area contributed by atoms with E-state index in [2.05, 4.69) is 0 Å². The molecule has 2 unspecified atom stereocenters. The highest BCUT2D eigenvalue weighted by atomic mass is 16.5. The summed E-state index contributed by atoms with van der Waals surface area (Å²) >= 11 is 0. The van der Waals surface area contributed by atoms with Crippen molar-refractivity contribution in [2.75, 3.05) is 20.8 Å². The topological polar surface area (TPSA) is 64.7 Å². The highest BCUT2D eigenvalue weighted by Gasteiger charge is 2.17. The first-order valence-electron chi connectivity index (χ1n) is 5.72. The Kier molecular flexibility index (Phi) is 5.25. The quantitative estimate of drug-likeness (QED) is 0.790. The lowest BCUT2D eigenvalue weighted by Crippen LogP contribution is -2.18. The number of hydrogen-bond acceptors (Lipinski definition) is 4. The third-order valence-electron chi connectivity index (χ3n) is 2.79. The number of methoxy groups -OCH3 is 2. The average molecular weight is 239 g/mol. The second kappa shape index (κ2) is 6.47. The van der Waals surface area contributed by atoms with E-state index in [4.69, 9.17) is 15.2 Å². The van der Waals surface area contributed by atoms with Crippen molar-refractivity contribution in [1.29, 1.82) is 0 Å². The van der Waals surface area contributed by atoms with Gasteiger partial charge in [0.2, 0.25) is 0 Å². The Bertz CT molecular complexity index is 353. The molecule has 0 aliphatic heterocycles. The third kappa shape index (κ3) is 3.61. The van der Waals surface area contributed by atoms with Gasteiger partial charge in [-0.1, -0.05) is 6.07 Å². The Morgan fingerprint density at radius 1 is 1.29 bits per heavy atom. The van der Waals surface area contributed by atoms with E-state index in [9.17, 15) is 5.11 Å². The van der Waals surface area contributed by atoms with Gasteiger partial charge in [0.25, 0.3) is 0 Å². The van der Waals surface area contributed by atoms with Crippen LogP contribution >= 0.6 is 0 Å². The maximum absolute atomic E-state index is 9.46. The molecule has 0 aliphatic carbocycles. The van der Waals surface area contributed by atoms with Crippen molar-refractivity contribution in [2.24, 2.45) is 5.73 Å². The smallest absolute Gasteiger partial charge is 0.126 e. The van der Waals surface area contributed by atoms with Gasteiger partial charge in [-0.25, -0.2) is 0 Å². The molecule has 0 saturated carbocycles. The Morgan fingerprint density at radius 3 is 2.47 bits per heavy atom. The number of ether oxygens (including phenoxy) is 2. The van der Waals surface area contributed by atoms with Gasteiger partial charge in [-0.15, -0.1) is 0 Å². The minimum atomic E-state index is -0.379. The van der Waals surface area contributed by atoms with E-state index in [-0.39, 0.29) is 12.0 Å². The van der Waals surface area contributed by atoms with E-state index in [1.54, 1.807) is 21.1 Å². The highest BCUT2D eigenvalue weighted by Crippen LogP contribution is 2.32. The van der Waals surface area contributed by atoms with Crippen LogP contribution in [-0.2, 0) is 0 Å². The van der Waals surface area contributed by atoms with Gasteiger partial charge >= 0.3 is 0 Å². The first-order valence-corrected chi connectivity index (χ1v) is 5.72. The molecule has 4 nitrogen and oxygen atoms in total. The van der Waals surface area contributed by atoms with Gasteiger partial charge in [0.05, 0.1) is 20.3 Å². The minimum Gasteiger partial charge on any atom is -0.497 e. The van der Waals surface area contributed by atoms with Crippen LogP contribution in [0.3, 0.4) is 0 Å². The standard InChI is InChI=1S/C13H21NO3/c1-9(15)6-10(8-14)12-5-4-11(16-2)7-13(12)17-3/h4-5,7,9-10,15H,6,8,14H2,1-3H3. The van der Waals surface area contributed by atoms with Gasteiger partial charge in [-0.05, 0) is 31.5 Å². The maximum atomic E-state index is 9.46.